The molecule has 0 radical (unpaired) electrons. The normalized spacial score (nSPS) is 20.4. The maximum absolute atomic E-state index is 6.08. The third kappa shape index (κ3) is 4.59. The zero-order valence-electron chi connectivity index (χ0n) is 15.1. The van der Waals surface area contributed by atoms with Crippen molar-refractivity contribution in [3.63, 3.8) is 0 Å². The van der Waals surface area contributed by atoms with Crippen molar-refractivity contribution in [1.82, 2.24) is 4.90 Å². The Labute approximate surface area is 155 Å². The number of benzene rings is 2. The predicted octanol–water partition coefficient (Wildman–Crippen LogP) is 4.36. The number of aryl methyl sites for hydroxylation is 1. The Bertz CT molecular complexity index is 719. The van der Waals surface area contributed by atoms with Crippen LogP contribution in [0.2, 0.25) is 0 Å². The van der Waals surface area contributed by atoms with Gasteiger partial charge in [0.15, 0.2) is 0 Å². The fourth-order valence-electron chi connectivity index (χ4n) is 3.13. The Morgan fingerprint density at radius 3 is 2.40 bits per heavy atom. The van der Waals surface area contributed by atoms with Crippen LogP contribution in [0.25, 0.3) is 0 Å². The van der Waals surface area contributed by atoms with E-state index in [0.717, 1.165) is 35.0 Å². The molecule has 25 heavy (non-hydrogen) atoms. The number of rotatable bonds is 4. The highest BCUT2D eigenvalue weighted by molar-refractivity contribution is 7.80. The Balaban J connectivity index is 1.73. The van der Waals surface area contributed by atoms with Gasteiger partial charge in [0, 0.05) is 13.1 Å². The molecular formula is C21H25NO2S. The Hall–Kier alpha value is -1.91. The van der Waals surface area contributed by atoms with Crippen molar-refractivity contribution in [3.05, 3.63) is 65.2 Å². The number of para-hydroxylation sites is 1. The maximum atomic E-state index is 6.08. The van der Waals surface area contributed by atoms with Gasteiger partial charge >= 0.3 is 0 Å². The largest absolute Gasteiger partial charge is 0.488 e. The third-order valence-electron chi connectivity index (χ3n) is 4.34. The van der Waals surface area contributed by atoms with Gasteiger partial charge in [0.05, 0.1) is 17.8 Å². The first-order valence-electron chi connectivity index (χ1n) is 8.75. The van der Waals surface area contributed by atoms with Gasteiger partial charge in [0.1, 0.15) is 17.3 Å². The second kappa shape index (κ2) is 7.98. The molecule has 0 unspecified atom stereocenters. The van der Waals surface area contributed by atoms with Crippen LogP contribution in [0.5, 0.6) is 5.75 Å². The Morgan fingerprint density at radius 2 is 1.72 bits per heavy atom. The lowest BCUT2D eigenvalue weighted by atomic mass is 10.1. The van der Waals surface area contributed by atoms with E-state index in [1.165, 1.54) is 5.56 Å². The molecule has 2 aromatic rings. The molecule has 0 amide bonds. The van der Waals surface area contributed by atoms with Gasteiger partial charge < -0.3 is 14.4 Å². The Morgan fingerprint density at radius 1 is 1.08 bits per heavy atom. The highest BCUT2D eigenvalue weighted by atomic mass is 32.1. The van der Waals surface area contributed by atoms with E-state index in [9.17, 15) is 0 Å². The van der Waals surface area contributed by atoms with E-state index in [-0.39, 0.29) is 12.2 Å². The van der Waals surface area contributed by atoms with E-state index < -0.39 is 0 Å². The molecule has 1 saturated heterocycles. The van der Waals surface area contributed by atoms with Gasteiger partial charge in [-0.1, -0.05) is 54.2 Å². The van der Waals surface area contributed by atoms with Crippen LogP contribution < -0.4 is 4.74 Å². The molecule has 1 aliphatic heterocycles. The van der Waals surface area contributed by atoms with Gasteiger partial charge in [-0.2, -0.15) is 0 Å². The molecule has 132 valence electrons. The van der Waals surface area contributed by atoms with Crippen LogP contribution >= 0.6 is 12.2 Å². The smallest absolute Gasteiger partial charge is 0.130 e. The lowest BCUT2D eigenvalue weighted by Crippen LogP contribution is -2.47. The molecule has 3 nitrogen and oxygen atoms in total. The number of hydrogen-bond donors (Lipinski definition) is 0. The van der Waals surface area contributed by atoms with Gasteiger partial charge in [0.25, 0.3) is 0 Å². The molecule has 2 aromatic carbocycles. The summed E-state index contributed by atoms with van der Waals surface area (Å²) in [6.07, 6.45) is 0.365. The summed E-state index contributed by atoms with van der Waals surface area (Å²) in [5.41, 5.74) is 3.38. The van der Waals surface area contributed by atoms with Gasteiger partial charge in [-0.25, -0.2) is 0 Å². The van der Waals surface area contributed by atoms with Crippen molar-refractivity contribution in [2.24, 2.45) is 0 Å². The van der Waals surface area contributed by atoms with Crippen molar-refractivity contribution < 1.29 is 9.47 Å². The summed E-state index contributed by atoms with van der Waals surface area (Å²) >= 11 is 5.77. The van der Waals surface area contributed by atoms with Crippen molar-refractivity contribution in [2.45, 2.75) is 39.6 Å². The van der Waals surface area contributed by atoms with E-state index in [4.69, 9.17) is 21.7 Å². The topological polar surface area (TPSA) is 21.7 Å². The number of ether oxygens (including phenoxy) is 2. The maximum Gasteiger partial charge on any atom is 0.130 e. The third-order valence-corrected chi connectivity index (χ3v) is 4.82. The Kier molecular flexibility index (Phi) is 5.71. The molecule has 0 spiro atoms. The molecule has 1 heterocycles. The highest BCUT2D eigenvalue weighted by Crippen LogP contribution is 2.24. The summed E-state index contributed by atoms with van der Waals surface area (Å²) < 4.78 is 11.9. The summed E-state index contributed by atoms with van der Waals surface area (Å²) in [6.45, 7) is 8.43. The second-order valence-electron chi connectivity index (χ2n) is 6.74. The van der Waals surface area contributed by atoms with Crippen molar-refractivity contribution >= 4 is 17.2 Å². The van der Waals surface area contributed by atoms with Gasteiger partial charge in [0.2, 0.25) is 0 Å². The molecule has 4 heteroatoms. The van der Waals surface area contributed by atoms with Gasteiger partial charge in [-0.05, 0) is 38.5 Å². The number of morpholine rings is 1. The van der Waals surface area contributed by atoms with E-state index in [1.807, 2.05) is 24.3 Å². The van der Waals surface area contributed by atoms with Crippen LogP contribution in [-0.4, -0.2) is 35.2 Å². The highest BCUT2D eigenvalue weighted by Gasteiger charge is 2.25. The summed E-state index contributed by atoms with van der Waals surface area (Å²) in [7, 11) is 0. The van der Waals surface area contributed by atoms with Gasteiger partial charge in [-0.15, -0.1) is 0 Å². The lowest BCUT2D eigenvalue weighted by molar-refractivity contribution is -0.0472. The minimum atomic E-state index is 0.183. The number of nitrogens with zero attached hydrogens (tertiary/aromatic N) is 1. The molecule has 0 aromatic heterocycles. The van der Waals surface area contributed by atoms with E-state index in [2.05, 4.69) is 49.9 Å². The van der Waals surface area contributed by atoms with Crippen LogP contribution in [0.4, 0.5) is 0 Å². The van der Waals surface area contributed by atoms with E-state index >= 15 is 0 Å². The lowest BCUT2D eigenvalue weighted by Gasteiger charge is -2.37. The molecule has 1 fully saturated rings. The first-order chi connectivity index (χ1) is 12.0. The fraction of sp³-hybridized carbons (Fsp3) is 0.381. The first-order valence-corrected chi connectivity index (χ1v) is 9.16. The van der Waals surface area contributed by atoms with Crippen LogP contribution in [0.1, 0.15) is 30.5 Å². The minimum Gasteiger partial charge on any atom is -0.488 e. The standard InChI is InChI=1S/C21H25NO2S/c1-15-8-10-18(11-9-15)14-23-20-7-5-4-6-19(20)21(25)22-12-16(2)24-17(3)13-22/h4-11,16-17H,12-14H2,1-3H3/t16-,17-/m1/s1. The summed E-state index contributed by atoms with van der Waals surface area (Å²) in [5.74, 6) is 0.833. The quantitative estimate of drug-likeness (QED) is 0.760. The first kappa shape index (κ1) is 17.9. The average molecular weight is 356 g/mol. The summed E-state index contributed by atoms with van der Waals surface area (Å²) in [5, 5.41) is 0. The van der Waals surface area contributed by atoms with Crippen molar-refractivity contribution in [3.8, 4) is 5.75 Å². The minimum absolute atomic E-state index is 0.183. The van der Waals surface area contributed by atoms with Gasteiger partial charge in [-0.3, -0.25) is 0 Å². The molecule has 0 saturated carbocycles. The average Bonchev–Trinajstić information content (AvgIpc) is 2.60. The molecule has 0 bridgehead atoms. The molecule has 0 N–H and O–H groups in total. The van der Waals surface area contributed by atoms with Crippen LogP contribution in [0, 0.1) is 6.92 Å². The van der Waals surface area contributed by atoms with Crippen LogP contribution in [-0.2, 0) is 11.3 Å². The van der Waals surface area contributed by atoms with E-state index in [1.54, 1.807) is 0 Å². The summed E-state index contributed by atoms with van der Waals surface area (Å²) in [6, 6.07) is 16.4. The number of hydrogen-bond acceptors (Lipinski definition) is 3. The zero-order valence-corrected chi connectivity index (χ0v) is 15.9. The molecule has 1 aliphatic rings. The monoisotopic (exact) mass is 355 g/mol. The fourth-order valence-corrected chi connectivity index (χ4v) is 3.45. The van der Waals surface area contributed by atoms with E-state index in [0.29, 0.717) is 6.61 Å². The van der Waals surface area contributed by atoms with Crippen LogP contribution in [0.15, 0.2) is 48.5 Å². The second-order valence-corrected chi connectivity index (χ2v) is 7.12. The predicted molar refractivity (Wildman–Crippen MR) is 105 cm³/mol. The molecule has 2 atom stereocenters. The van der Waals surface area contributed by atoms with Crippen molar-refractivity contribution in [2.75, 3.05) is 13.1 Å². The summed E-state index contributed by atoms with van der Waals surface area (Å²) in [4.78, 5) is 3.06. The molecule has 3 rings (SSSR count). The zero-order chi connectivity index (χ0) is 17.8. The number of thiocarbonyl (C=S) groups is 1. The van der Waals surface area contributed by atoms with Crippen LogP contribution in [0.3, 0.4) is 0 Å². The SMILES string of the molecule is Cc1ccc(COc2ccccc2C(=S)N2C[C@@H](C)O[C@H](C)C2)cc1. The molecule has 0 aliphatic carbocycles. The molecular weight excluding hydrogens is 330 g/mol. The van der Waals surface area contributed by atoms with Crippen molar-refractivity contribution in [1.29, 1.82) is 0 Å².